The van der Waals surface area contributed by atoms with E-state index >= 15 is 0 Å². The van der Waals surface area contributed by atoms with Gasteiger partial charge in [-0.3, -0.25) is 0 Å². The maximum absolute atomic E-state index is 11.4. The molecule has 2 fully saturated rings. The second-order valence-corrected chi connectivity index (χ2v) is 9.67. The molecule has 6 nitrogen and oxygen atoms in total. The fraction of sp³-hybridized carbons (Fsp3) is 0.632. The van der Waals surface area contributed by atoms with E-state index in [1.54, 1.807) is 0 Å². The van der Waals surface area contributed by atoms with Crippen LogP contribution in [0.2, 0.25) is 0 Å². The number of hydrogen-bond acceptors (Lipinski definition) is 4. The Morgan fingerprint density at radius 2 is 2.00 bits per heavy atom. The molecule has 2 saturated heterocycles. The van der Waals surface area contributed by atoms with Crippen molar-refractivity contribution in [1.82, 2.24) is 10.2 Å². The van der Waals surface area contributed by atoms with Gasteiger partial charge in [0.1, 0.15) is 0 Å². The van der Waals surface area contributed by atoms with E-state index in [2.05, 4.69) is 17.1 Å². The summed E-state index contributed by atoms with van der Waals surface area (Å²) in [7, 11) is -3.00. The molecule has 1 spiro atoms. The van der Waals surface area contributed by atoms with Crippen molar-refractivity contribution in [1.29, 1.82) is 0 Å². The second kappa shape index (κ2) is 7.96. The third-order valence-corrected chi connectivity index (χ3v) is 5.98. The molecule has 0 aliphatic carbocycles. The zero-order valence-corrected chi connectivity index (χ0v) is 16.5. The number of nitrogens with zero attached hydrogens (tertiary/aromatic N) is 2. The van der Waals surface area contributed by atoms with Gasteiger partial charge in [0.25, 0.3) is 0 Å². The van der Waals surface area contributed by atoms with Crippen LogP contribution in [0.5, 0.6) is 0 Å². The largest absolute Gasteiger partial charge is 0.381 e. The molecule has 0 bridgehead atoms. The van der Waals surface area contributed by atoms with E-state index in [4.69, 9.17) is 9.73 Å². The molecule has 3 rings (SSSR count). The number of ether oxygens (including phenoxy) is 1. The smallest absolute Gasteiger partial charge is 0.194 e. The number of sulfone groups is 1. The Hall–Kier alpha value is -1.60. The van der Waals surface area contributed by atoms with Crippen LogP contribution in [0.4, 0.5) is 0 Å². The zero-order chi connectivity index (χ0) is 18.6. The van der Waals surface area contributed by atoms with Crippen LogP contribution in [0.3, 0.4) is 0 Å². The molecule has 144 valence electrons. The van der Waals surface area contributed by atoms with Gasteiger partial charge in [-0.1, -0.05) is 24.3 Å². The van der Waals surface area contributed by atoms with Gasteiger partial charge in [-0.2, -0.15) is 0 Å². The predicted octanol–water partition coefficient (Wildman–Crippen LogP) is 1.81. The van der Waals surface area contributed by atoms with Gasteiger partial charge < -0.3 is 15.0 Å². The van der Waals surface area contributed by atoms with Crippen molar-refractivity contribution in [2.24, 2.45) is 10.4 Å². The summed E-state index contributed by atoms with van der Waals surface area (Å²) in [5.74, 6) is 1.04. The van der Waals surface area contributed by atoms with Crippen LogP contribution in [-0.4, -0.2) is 58.4 Å². The summed E-state index contributed by atoms with van der Waals surface area (Å²) >= 11 is 0. The van der Waals surface area contributed by atoms with E-state index in [1.165, 1.54) is 6.26 Å². The van der Waals surface area contributed by atoms with Crippen LogP contribution in [0, 0.1) is 5.41 Å². The van der Waals surface area contributed by atoms with Gasteiger partial charge in [0, 0.05) is 37.9 Å². The fourth-order valence-electron chi connectivity index (χ4n) is 3.72. The van der Waals surface area contributed by atoms with Crippen molar-refractivity contribution in [3.8, 4) is 0 Å². The van der Waals surface area contributed by atoms with Crippen LogP contribution in [0.25, 0.3) is 0 Å². The molecule has 0 radical (unpaired) electrons. The van der Waals surface area contributed by atoms with Gasteiger partial charge in [-0.25, -0.2) is 13.4 Å². The van der Waals surface area contributed by atoms with Crippen LogP contribution < -0.4 is 5.32 Å². The minimum atomic E-state index is -3.00. The van der Waals surface area contributed by atoms with E-state index < -0.39 is 9.84 Å². The highest BCUT2D eigenvalue weighted by Crippen LogP contribution is 2.38. The monoisotopic (exact) mass is 379 g/mol. The molecular weight excluding hydrogens is 350 g/mol. The van der Waals surface area contributed by atoms with E-state index in [9.17, 15) is 8.42 Å². The second-order valence-electron chi connectivity index (χ2n) is 7.53. The van der Waals surface area contributed by atoms with Crippen molar-refractivity contribution in [3.63, 3.8) is 0 Å². The lowest BCUT2D eigenvalue weighted by atomic mass is 9.87. The van der Waals surface area contributed by atoms with Gasteiger partial charge in [-0.05, 0) is 30.9 Å². The van der Waals surface area contributed by atoms with Gasteiger partial charge >= 0.3 is 0 Å². The summed E-state index contributed by atoms with van der Waals surface area (Å²) in [5, 5.41) is 3.40. The average Bonchev–Trinajstić information content (AvgIpc) is 3.22. The maximum Gasteiger partial charge on any atom is 0.194 e. The summed E-state index contributed by atoms with van der Waals surface area (Å²) in [6.07, 6.45) is 3.56. The van der Waals surface area contributed by atoms with Crippen molar-refractivity contribution >= 4 is 15.8 Å². The summed E-state index contributed by atoms with van der Waals surface area (Å²) in [4.78, 5) is 7.14. The number of hydrogen-bond donors (Lipinski definition) is 1. The molecule has 2 heterocycles. The lowest BCUT2D eigenvalue weighted by molar-refractivity contribution is 0.156. The molecule has 1 unspecified atom stereocenters. The fourth-order valence-corrected chi connectivity index (χ4v) is 4.52. The highest BCUT2D eigenvalue weighted by atomic mass is 32.2. The highest BCUT2D eigenvalue weighted by molar-refractivity contribution is 7.89. The first-order valence-corrected chi connectivity index (χ1v) is 11.3. The van der Waals surface area contributed by atoms with Crippen molar-refractivity contribution in [2.75, 3.05) is 39.1 Å². The Kier molecular flexibility index (Phi) is 5.87. The van der Waals surface area contributed by atoms with Crippen molar-refractivity contribution in [2.45, 2.75) is 32.1 Å². The highest BCUT2D eigenvalue weighted by Gasteiger charge is 2.42. The zero-order valence-electron chi connectivity index (χ0n) is 15.7. The Balaban J connectivity index is 1.64. The standard InChI is InChI=1S/C19H29N3O3S/c1-3-20-18(22-10-8-19(14-22)9-11-25-15-19)21-12-16-4-6-17(7-5-16)13-26(2,23)24/h4-7H,3,8-15H2,1-2H3,(H,20,21). The Bertz CT molecular complexity index is 738. The van der Waals surface area contributed by atoms with Crippen molar-refractivity contribution < 1.29 is 13.2 Å². The number of guanidine groups is 1. The van der Waals surface area contributed by atoms with Crippen LogP contribution >= 0.6 is 0 Å². The number of likely N-dealkylation sites (tertiary alicyclic amines) is 1. The summed E-state index contributed by atoms with van der Waals surface area (Å²) in [6.45, 7) is 7.27. The molecule has 2 aliphatic heterocycles. The summed E-state index contributed by atoms with van der Waals surface area (Å²) < 4.78 is 28.4. The molecule has 0 saturated carbocycles. The van der Waals surface area contributed by atoms with E-state index in [0.29, 0.717) is 12.0 Å². The maximum atomic E-state index is 11.4. The normalized spacial score (nSPS) is 23.8. The Labute approximate surface area is 156 Å². The molecule has 1 atom stereocenters. The minimum absolute atomic E-state index is 0.0805. The van der Waals surface area contributed by atoms with Crippen LogP contribution in [0.15, 0.2) is 29.3 Å². The Morgan fingerprint density at radius 1 is 1.27 bits per heavy atom. The molecule has 0 amide bonds. The number of rotatable bonds is 5. The average molecular weight is 380 g/mol. The molecule has 2 aliphatic rings. The van der Waals surface area contributed by atoms with E-state index in [0.717, 1.165) is 62.8 Å². The summed E-state index contributed by atoms with van der Waals surface area (Å²) in [6, 6.07) is 7.67. The third-order valence-electron chi connectivity index (χ3n) is 5.12. The van der Waals surface area contributed by atoms with Crippen molar-refractivity contribution in [3.05, 3.63) is 35.4 Å². The number of nitrogens with one attached hydrogen (secondary N) is 1. The quantitative estimate of drug-likeness (QED) is 0.624. The molecular formula is C19H29N3O3S. The van der Waals surface area contributed by atoms with Gasteiger partial charge in [0.2, 0.25) is 0 Å². The SMILES string of the molecule is CCNC(=NCc1ccc(CS(C)(=O)=O)cc1)N1CCC2(CCOC2)C1. The predicted molar refractivity (Wildman–Crippen MR) is 104 cm³/mol. The molecule has 7 heteroatoms. The van der Waals surface area contributed by atoms with Crippen LogP contribution in [0.1, 0.15) is 30.9 Å². The lowest BCUT2D eigenvalue weighted by Crippen LogP contribution is -2.41. The molecule has 26 heavy (non-hydrogen) atoms. The number of aliphatic imine (C=N–C) groups is 1. The Morgan fingerprint density at radius 3 is 2.62 bits per heavy atom. The van der Waals surface area contributed by atoms with E-state index in [-0.39, 0.29) is 5.75 Å². The van der Waals surface area contributed by atoms with Gasteiger partial charge in [0.05, 0.1) is 18.9 Å². The first-order valence-electron chi connectivity index (χ1n) is 9.26. The van der Waals surface area contributed by atoms with E-state index in [1.807, 2.05) is 24.3 Å². The molecule has 1 aromatic carbocycles. The third kappa shape index (κ3) is 4.98. The van der Waals surface area contributed by atoms with Gasteiger partial charge in [0.15, 0.2) is 15.8 Å². The first kappa shape index (κ1) is 19.2. The minimum Gasteiger partial charge on any atom is -0.381 e. The topological polar surface area (TPSA) is 71.0 Å². The first-order chi connectivity index (χ1) is 12.4. The molecule has 0 aromatic heterocycles. The number of benzene rings is 1. The molecule has 1 aromatic rings. The summed E-state index contributed by atoms with van der Waals surface area (Å²) in [5.41, 5.74) is 2.20. The lowest BCUT2D eigenvalue weighted by Gasteiger charge is -2.25. The van der Waals surface area contributed by atoms with Gasteiger partial charge in [-0.15, -0.1) is 0 Å². The van der Waals surface area contributed by atoms with Crippen LogP contribution in [-0.2, 0) is 26.9 Å². The molecule has 1 N–H and O–H groups in total.